The van der Waals surface area contributed by atoms with Crippen molar-refractivity contribution in [2.45, 2.75) is 19.8 Å². The van der Waals surface area contributed by atoms with Crippen molar-refractivity contribution in [2.75, 3.05) is 39.0 Å². The Morgan fingerprint density at radius 3 is 2.43 bits per heavy atom. The van der Waals surface area contributed by atoms with Gasteiger partial charge in [0.1, 0.15) is 5.75 Å². The zero-order valence-corrected chi connectivity index (χ0v) is 14.5. The molecule has 1 saturated heterocycles. The van der Waals surface area contributed by atoms with E-state index in [0.717, 1.165) is 12.2 Å². The van der Waals surface area contributed by atoms with Gasteiger partial charge in [0, 0.05) is 31.7 Å². The Morgan fingerprint density at radius 1 is 1.13 bits per heavy atom. The van der Waals surface area contributed by atoms with Crippen LogP contribution >= 0.6 is 0 Å². The molecule has 0 saturated carbocycles. The molecule has 1 amide bonds. The molecule has 1 heterocycles. The molecule has 6 nitrogen and oxygen atoms in total. The highest BCUT2D eigenvalue weighted by Crippen LogP contribution is 2.15. The maximum absolute atomic E-state index is 12.6. The molecule has 1 aromatic rings. The molecule has 1 aromatic carbocycles. The molecule has 128 valence electrons. The van der Waals surface area contributed by atoms with Crippen LogP contribution in [0.2, 0.25) is 0 Å². The molecule has 2 rings (SSSR count). The van der Waals surface area contributed by atoms with E-state index in [4.69, 9.17) is 4.74 Å². The molecule has 1 aliphatic rings. The first kappa shape index (κ1) is 17.7. The van der Waals surface area contributed by atoms with Gasteiger partial charge in [-0.3, -0.25) is 4.79 Å². The number of hydrogen-bond acceptors (Lipinski definition) is 4. The van der Waals surface area contributed by atoms with Crippen molar-refractivity contribution in [1.29, 1.82) is 0 Å². The highest BCUT2D eigenvalue weighted by atomic mass is 32.2. The summed E-state index contributed by atoms with van der Waals surface area (Å²) in [6, 6.07) is 7.10. The quantitative estimate of drug-likeness (QED) is 0.816. The number of carbonyl (C=O) groups is 1. The molecule has 0 aromatic heterocycles. The lowest BCUT2D eigenvalue weighted by Crippen LogP contribution is -2.36. The van der Waals surface area contributed by atoms with Crippen LogP contribution in [0.15, 0.2) is 24.3 Å². The van der Waals surface area contributed by atoms with Crippen molar-refractivity contribution in [3.63, 3.8) is 0 Å². The van der Waals surface area contributed by atoms with Crippen molar-refractivity contribution < 1.29 is 17.9 Å². The summed E-state index contributed by atoms with van der Waals surface area (Å²) in [5.74, 6) is 0.685. The van der Waals surface area contributed by atoms with Crippen LogP contribution in [-0.4, -0.2) is 62.6 Å². The van der Waals surface area contributed by atoms with Crippen molar-refractivity contribution in [1.82, 2.24) is 9.21 Å². The molecule has 1 fully saturated rings. The van der Waals surface area contributed by atoms with Crippen LogP contribution in [0.1, 0.15) is 30.1 Å². The number of ether oxygens (including phenoxy) is 1. The minimum absolute atomic E-state index is 0.0672. The van der Waals surface area contributed by atoms with Gasteiger partial charge >= 0.3 is 0 Å². The smallest absolute Gasteiger partial charge is 0.253 e. The molecular weight excluding hydrogens is 316 g/mol. The highest BCUT2D eigenvalue weighted by molar-refractivity contribution is 7.88. The summed E-state index contributed by atoms with van der Waals surface area (Å²) in [6.45, 7) is 4.49. The highest BCUT2D eigenvalue weighted by Gasteiger charge is 2.24. The monoisotopic (exact) mass is 340 g/mol. The summed E-state index contributed by atoms with van der Waals surface area (Å²) in [5.41, 5.74) is 0.599. The van der Waals surface area contributed by atoms with Crippen LogP contribution in [0, 0.1) is 0 Å². The zero-order chi connectivity index (χ0) is 16.9. The van der Waals surface area contributed by atoms with Crippen LogP contribution in [0.4, 0.5) is 0 Å². The van der Waals surface area contributed by atoms with Crippen molar-refractivity contribution in [3.05, 3.63) is 29.8 Å². The lowest BCUT2D eigenvalue weighted by molar-refractivity contribution is 0.0764. The van der Waals surface area contributed by atoms with Crippen LogP contribution in [-0.2, 0) is 10.0 Å². The topological polar surface area (TPSA) is 66.9 Å². The van der Waals surface area contributed by atoms with Gasteiger partial charge in [0.25, 0.3) is 5.91 Å². The van der Waals surface area contributed by atoms with E-state index in [0.29, 0.717) is 44.8 Å². The van der Waals surface area contributed by atoms with E-state index in [1.807, 2.05) is 6.92 Å². The van der Waals surface area contributed by atoms with Gasteiger partial charge in [-0.2, -0.15) is 0 Å². The van der Waals surface area contributed by atoms with E-state index in [2.05, 4.69) is 0 Å². The maximum atomic E-state index is 12.6. The Labute approximate surface area is 138 Å². The van der Waals surface area contributed by atoms with Crippen LogP contribution in [0.3, 0.4) is 0 Å². The third kappa shape index (κ3) is 4.94. The van der Waals surface area contributed by atoms with E-state index in [9.17, 15) is 13.2 Å². The standard InChI is InChI=1S/C16H24N2O4S/c1-3-13-22-15-7-5-14(6-8-15)16(19)17-9-4-10-18(12-11-17)23(2,20)21/h5-8H,3-4,9-13H2,1-2H3. The second-order valence-corrected chi connectivity index (χ2v) is 7.66. The number of amides is 1. The first-order chi connectivity index (χ1) is 10.9. The van der Waals surface area contributed by atoms with E-state index in [1.165, 1.54) is 10.6 Å². The minimum Gasteiger partial charge on any atom is -0.494 e. The summed E-state index contributed by atoms with van der Waals surface area (Å²) in [6.07, 6.45) is 2.79. The fraction of sp³-hybridized carbons (Fsp3) is 0.562. The average molecular weight is 340 g/mol. The number of hydrogen-bond donors (Lipinski definition) is 0. The lowest BCUT2D eigenvalue weighted by Gasteiger charge is -2.21. The van der Waals surface area contributed by atoms with Crippen molar-refractivity contribution in [2.24, 2.45) is 0 Å². The second-order valence-electron chi connectivity index (χ2n) is 5.68. The molecule has 0 unspecified atom stereocenters. The van der Waals surface area contributed by atoms with Gasteiger partial charge in [0.15, 0.2) is 0 Å². The SMILES string of the molecule is CCCOc1ccc(C(=O)N2CCCN(S(C)(=O)=O)CC2)cc1. The molecule has 0 bridgehead atoms. The maximum Gasteiger partial charge on any atom is 0.253 e. The third-order valence-corrected chi connectivity index (χ3v) is 5.09. The first-order valence-corrected chi connectivity index (χ1v) is 9.74. The molecule has 0 spiro atoms. The Kier molecular flexibility index (Phi) is 6.01. The number of sulfonamides is 1. The van der Waals surface area contributed by atoms with Crippen molar-refractivity contribution in [3.8, 4) is 5.75 Å². The fourth-order valence-electron chi connectivity index (χ4n) is 2.52. The van der Waals surface area contributed by atoms with E-state index in [1.54, 1.807) is 29.2 Å². The van der Waals surface area contributed by atoms with Gasteiger partial charge < -0.3 is 9.64 Å². The number of rotatable bonds is 5. The van der Waals surface area contributed by atoms with E-state index < -0.39 is 10.0 Å². The van der Waals surface area contributed by atoms with E-state index >= 15 is 0 Å². The summed E-state index contributed by atoms with van der Waals surface area (Å²) in [5, 5.41) is 0. The lowest BCUT2D eigenvalue weighted by atomic mass is 10.2. The number of carbonyl (C=O) groups excluding carboxylic acids is 1. The molecule has 7 heteroatoms. The molecule has 0 atom stereocenters. The normalized spacial score (nSPS) is 16.9. The van der Waals surface area contributed by atoms with Gasteiger partial charge in [0.05, 0.1) is 12.9 Å². The Hall–Kier alpha value is -1.60. The predicted octanol–water partition coefficient (Wildman–Crippen LogP) is 1.58. The van der Waals surface area contributed by atoms with Gasteiger partial charge in [-0.05, 0) is 37.1 Å². The Bertz CT molecular complexity index is 628. The summed E-state index contributed by atoms with van der Waals surface area (Å²) >= 11 is 0. The largest absolute Gasteiger partial charge is 0.494 e. The molecule has 0 aliphatic carbocycles. The summed E-state index contributed by atoms with van der Waals surface area (Å²) < 4.78 is 30.2. The molecule has 0 radical (unpaired) electrons. The van der Waals surface area contributed by atoms with E-state index in [-0.39, 0.29) is 5.91 Å². The molecule has 1 aliphatic heterocycles. The molecule has 0 N–H and O–H groups in total. The van der Waals surface area contributed by atoms with Crippen LogP contribution < -0.4 is 4.74 Å². The third-order valence-electron chi connectivity index (χ3n) is 3.79. The first-order valence-electron chi connectivity index (χ1n) is 7.89. The van der Waals surface area contributed by atoms with Gasteiger partial charge in [-0.15, -0.1) is 0 Å². The molecular formula is C16H24N2O4S. The minimum atomic E-state index is -3.20. The Balaban J connectivity index is 2.00. The predicted molar refractivity (Wildman–Crippen MR) is 89.2 cm³/mol. The average Bonchev–Trinajstić information content (AvgIpc) is 2.78. The fourth-order valence-corrected chi connectivity index (χ4v) is 3.40. The molecule has 23 heavy (non-hydrogen) atoms. The second kappa shape index (κ2) is 7.79. The van der Waals surface area contributed by atoms with Gasteiger partial charge in [-0.25, -0.2) is 12.7 Å². The van der Waals surface area contributed by atoms with Crippen LogP contribution in [0.5, 0.6) is 5.75 Å². The summed E-state index contributed by atoms with van der Waals surface area (Å²) in [4.78, 5) is 14.3. The summed E-state index contributed by atoms with van der Waals surface area (Å²) in [7, 11) is -3.20. The van der Waals surface area contributed by atoms with Crippen molar-refractivity contribution >= 4 is 15.9 Å². The Morgan fingerprint density at radius 2 is 1.83 bits per heavy atom. The number of benzene rings is 1. The zero-order valence-electron chi connectivity index (χ0n) is 13.7. The van der Waals surface area contributed by atoms with Gasteiger partial charge in [0.2, 0.25) is 10.0 Å². The number of nitrogens with zero attached hydrogens (tertiary/aromatic N) is 2. The van der Waals surface area contributed by atoms with Gasteiger partial charge in [-0.1, -0.05) is 6.92 Å². The van der Waals surface area contributed by atoms with Crippen LogP contribution in [0.25, 0.3) is 0 Å².